The zero-order chi connectivity index (χ0) is 17.2. The van der Waals surface area contributed by atoms with Crippen molar-refractivity contribution in [1.29, 1.82) is 0 Å². The molecule has 1 unspecified atom stereocenters. The molecule has 1 fully saturated rings. The van der Waals surface area contributed by atoms with Crippen LogP contribution in [-0.4, -0.2) is 41.0 Å². The zero-order valence-corrected chi connectivity index (χ0v) is 17.2. The molecule has 5 nitrogen and oxygen atoms in total. The smallest absolute Gasteiger partial charge is 0.137 e. The lowest BCUT2D eigenvalue weighted by Gasteiger charge is -2.36. The molecule has 0 amide bonds. The Morgan fingerprint density at radius 2 is 1.96 bits per heavy atom. The third-order valence-corrected chi connectivity index (χ3v) is 4.96. The molecule has 7 heteroatoms. The van der Waals surface area contributed by atoms with E-state index >= 15 is 0 Å². The van der Waals surface area contributed by atoms with E-state index in [4.69, 9.17) is 9.72 Å². The van der Waals surface area contributed by atoms with Crippen LogP contribution in [-0.2, 0) is 6.54 Å². The van der Waals surface area contributed by atoms with E-state index in [0.29, 0.717) is 0 Å². The molecule has 3 aromatic rings. The van der Waals surface area contributed by atoms with Crippen LogP contribution in [0.5, 0.6) is 5.75 Å². The van der Waals surface area contributed by atoms with Gasteiger partial charge in [0.05, 0.1) is 18.8 Å². The summed E-state index contributed by atoms with van der Waals surface area (Å²) in [6.45, 7) is 5.87. The van der Waals surface area contributed by atoms with Gasteiger partial charge in [-0.2, -0.15) is 0 Å². The normalized spacial score (nSPS) is 17.2. The monoisotopic (exact) mass is 408 g/mol. The first-order valence-electron chi connectivity index (χ1n) is 8.77. The second-order valence-corrected chi connectivity index (χ2v) is 6.56. The summed E-state index contributed by atoms with van der Waals surface area (Å²) in [6.07, 6.45) is 2.16. The van der Waals surface area contributed by atoms with Crippen molar-refractivity contribution in [2.75, 3.05) is 26.7 Å². The standard InChI is InChI=1S/C20H24N4O.2ClH/c1-15-6-5-9-20-22-16(14-24(15)20)13-23-11-10-21-12-18(23)17-7-3-4-8-19(17)25-2;;/h3-9,14,18,21H,10-13H2,1-2H3;2*1H. The fourth-order valence-corrected chi connectivity index (χ4v) is 3.67. The van der Waals surface area contributed by atoms with Gasteiger partial charge in [0.2, 0.25) is 0 Å². The number of nitrogens with zero attached hydrogens (tertiary/aromatic N) is 3. The number of aromatic nitrogens is 2. The number of pyridine rings is 1. The van der Waals surface area contributed by atoms with Crippen molar-refractivity contribution in [3.8, 4) is 5.75 Å². The van der Waals surface area contributed by atoms with Gasteiger partial charge in [-0.25, -0.2) is 4.98 Å². The molecule has 4 rings (SSSR count). The van der Waals surface area contributed by atoms with Crippen LogP contribution in [0.3, 0.4) is 0 Å². The van der Waals surface area contributed by atoms with Crippen LogP contribution in [0.15, 0.2) is 48.7 Å². The van der Waals surface area contributed by atoms with Crippen molar-refractivity contribution in [1.82, 2.24) is 19.6 Å². The summed E-state index contributed by atoms with van der Waals surface area (Å²) >= 11 is 0. The molecule has 0 bridgehead atoms. The SMILES string of the molecule is COc1ccccc1C1CNCCN1Cc1cn2c(C)cccc2n1.Cl.Cl. The maximum atomic E-state index is 5.59. The molecular weight excluding hydrogens is 383 g/mol. The number of methoxy groups -OCH3 is 1. The Morgan fingerprint density at radius 1 is 1.15 bits per heavy atom. The summed E-state index contributed by atoms with van der Waals surface area (Å²) in [5, 5.41) is 3.51. The number of para-hydroxylation sites is 1. The summed E-state index contributed by atoms with van der Waals surface area (Å²) < 4.78 is 7.75. The average Bonchev–Trinajstić information content (AvgIpc) is 3.06. The third kappa shape index (κ3) is 4.38. The van der Waals surface area contributed by atoms with Gasteiger partial charge < -0.3 is 14.5 Å². The van der Waals surface area contributed by atoms with Crippen LogP contribution < -0.4 is 10.1 Å². The minimum absolute atomic E-state index is 0. The number of halogens is 2. The van der Waals surface area contributed by atoms with Gasteiger partial charge in [-0.05, 0) is 25.1 Å². The Kier molecular flexibility index (Phi) is 7.50. The van der Waals surface area contributed by atoms with Crippen LogP contribution in [0.2, 0.25) is 0 Å². The number of nitrogens with one attached hydrogen (secondary N) is 1. The van der Waals surface area contributed by atoms with Gasteiger partial charge in [-0.15, -0.1) is 24.8 Å². The highest BCUT2D eigenvalue weighted by molar-refractivity contribution is 5.85. The minimum atomic E-state index is 0. The molecule has 1 saturated heterocycles. The van der Waals surface area contributed by atoms with E-state index in [0.717, 1.165) is 43.3 Å². The molecular formula is C20H26Cl2N4O. The summed E-state index contributed by atoms with van der Waals surface area (Å²) in [5.41, 5.74) is 4.56. The maximum Gasteiger partial charge on any atom is 0.137 e. The van der Waals surface area contributed by atoms with Gasteiger partial charge in [0, 0.05) is 43.6 Å². The van der Waals surface area contributed by atoms with Crippen molar-refractivity contribution < 1.29 is 4.74 Å². The van der Waals surface area contributed by atoms with E-state index in [2.05, 4.69) is 58.1 Å². The lowest BCUT2D eigenvalue weighted by molar-refractivity contribution is 0.149. The number of hydrogen-bond donors (Lipinski definition) is 1. The van der Waals surface area contributed by atoms with Crippen LogP contribution in [0, 0.1) is 6.92 Å². The van der Waals surface area contributed by atoms with Crippen LogP contribution in [0.1, 0.15) is 23.0 Å². The van der Waals surface area contributed by atoms with Crippen LogP contribution >= 0.6 is 24.8 Å². The quantitative estimate of drug-likeness (QED) is 0.715. The van der Waals surface area contributed by atoms with E-state index in [1.807, 2.05) is 12.1 Å². The second-order valence-electron chi connectivity index (χ2n) is 6.56. The predicted molar refractivity (Wildman–Crippen MR) is 113 cm³/mol. The molecule has 0 saturated carbocycles. The molecule has 1 aliphatic rings. The molecule has 2 aromatic heterocycles. The predicted octanol–water partition coefficient (Wildman–Crippen LogP) is 3.64. The summed E-state index contributed by atoms with van der Waals surface area (Å²) in [7, 11) is 1.74. The lowest BCUT2D eigenvalue weighted by atomic mass is 10.0. The van der Waals surface area contributed by atoms with E-state index < -0.39 is 0 Å². The fraction of sp³-hybridized carbons (Fsp3) is 0.350. The maximum absolute atomic E-state index is 5.59. The van der Waals surface area contributed by atoms with E-state index in [-0.39, 0.29) is 30.9 Å². The molecule has 1 N–H and O–H groups in total. The van der Waals surface area contributed by atoms with Crippen molar-refractivity contribution in [2.24, 2.45) is 0 Å². The highest BCUT2D eigenvalue weighted by Crippen LogP contribution is 2.31. The van der Waals surface area contributed by atoms with Gasteiger partial charge in [-0.3, -0.25) is 4.90 Å². The van der Waals surface area contributed by atoms with Crippen molar-refractivity contribution >= 4 is 30.5 Å². The first-order chi connectivity index (χ1) is 12.3. The molecule has 1 atom stereocenters. The Morgan fingerprint density at radius 3 is 2.74 bits per heavy atom. The molecule has 27 heavy (non-hydrogen) atoms. The van der Waals surface area contributed by atoms with Gasteiger partial charge in [0.1, 0.15) is 11.4 Å². The van der Waals surface area contributed by atoms with Gasteiger partial charge in [-0.1, -0.05) is 24.3 Å². The Bertz CT molecular complexity index is 883. The van der Waals surface area contributed by atoms with Crippen LogP contribution in [0.4, 0.5) is 0 Å². The van der Waals surface area contributed by atoms with E-state index in [9.17, 15) is 0 Å². The van der Waals surface area contributed by atoms with Crippen molar-refractivity contribution in [3.63, 3.8) is 0 Å². The molecule has 1 aromatic carbocycles. The number of aryl methyl sites for hydroxylation is 1. The number of piperazine rings is 1. The summed E-state index contributed by atoms with van der Waals surface area (Å²) in [4.78, 5) is 7.30. The highest BCUT2D eigenvalue weighted by atomic mass is 35.5. The molecule has 0 spiro atoms. The second kappa shape index (κ2) is 9.42. The lowest BCUT2D eigenvalue weighted by Crippen LogP contribution is -2.45. The van der Waals surface area contributed by atoms with E-state index in [1.54, 1.807) is 7.11 Å². The Labute approximate surface area is 172 Å². The number of ether oxygens (including phenoxy) is 1. The number of benzene rings is 1. The van der Waals surface area contributed by atoms with Crippen LogP contribution in [0.25, 0.3) is 5.65 Å². The summed E-state index contributed by atoms with van der Waals surface area (Å²) in [5.74, 6) is 0.951. The Hall–Kier alpha value is -1.79. The third-order valence-electron chi connectivity index (χ3n) is 4.96. The highest BCUT2D eigenvalue weighted by Gasteiger charge is 2.26. The summed E-state index contributed by atoms with van der Waals surface area (Å²) in [6, 6.07) is 14.8. The molecule has 3 heterocycles. The van der Waals surface area contributed by atoms with Gasteiger partial charge in [0.15, 0.2) is 0 Å². The minimum Gasteiger partial charge on any atom is -0.496 e. The number of fused-ring (bicyclic) bond motifs is 1. The number of rotatable bonds is 4. The van der Waals surface area contributed by atoms with Crippen molar-refractivity contribution in [3.05, 3.63) is 65.6 Å². The van der Waals surface area contributed by atoms with Gasteiger partial charge >= 0.3 is 0 Å². The first kappa shape index (κ1) is 21.5. The molecule has 1 aliphatic heterocycles. The fourth-order valence-electron chi connectivity index (χ4n) is 3.67. The Balaban J connectivity index is 0.00000131. The van der Waals surface area contributed by atoms with Crippen molar-refractivity contribution in [2.45, 2.75) is 19.5 Å². The largest absolute Gasteiger partial charge is 0.496 e. The first-order valence-corrected chi connectivity index (χ1v) is 8.77. The molecule has 0 radical (unpaired) electrons. The van der Waals surface area contributed by atoms with E-state index in [1.165, 1.54) is 11.3 Å². The number of imidazole rings is 1. The zero-order valence-electron chi connectivity index (χ0n) is 15.6. The molecule has 0 aliphatic carbocycles. The van der Waals surface area contributed by atoms with Gasteiger partial charge in [0.25, 0.3) is 0 Å². The average molecular weight is 409 g/mol. The number of hydrogen-bond acceptors (Lipinski definition) is 4. The topological polar surface area (TPSA) is 41.8 Å². The molecule has 146 valence electrons.